The van der Waals surface area contributed by atoms with Crippen LogP contribution in [0.5, 0.6) is 0 Å². The molecule has 3 unspecified atom stereocenters. The Morgan fingerprint density at radius 3 is 2.69 bits per heavy atom. The quantitative estimate of drug-likeness (QED) is 0.615. The van der Waals surface area contributed by atoms with Gasteiger partial charge in [-0.15, -0.1) is 0 Å². The number of methoxy groups -OCH3 is 2. The summed E-state index contributed by atoms with van der Waals surface area (Å²) in [6.45, 7) is 3.29. The first-order valence-electron chi connectivity index (χ1n) is 11.3. The number of nitrogens with one attached hydrogen (secondary N) is 2. The summed E-state index contributed by atoms with van der Waals surface area (Å²) in [4.78, 5) is 27.5. The molecule has 1 heterocycles. The van der Waals surface area contributed by atoms with Gasteiger partial charge in [0.1, 0.15) is 12.2 Å². The van der Waals surface area contributed by atoms with Crippen molar-refractivity contribution < 1.29 is 19.1 Å². The van der Waals surface area contributed by atoms with Gasteiger partial charge in [0.15, 0.2) is 0 Å². The zero-order chi connectivity index (χ0) is 22.9. The van der Waals surface area contributed by atoms with Gasteiger partial charge in [0.05, 0.1) is 0 Å². The third-order valence-corrected chi connectivity index (χ3v) is 6.14. The SMILES string of the molecule is COC1C=CC(C(=O)NCc2cccc(C(=O)NCCC3CCCN(C)C3)c2)=CC1OC. The van der Waals surface area contributed by atoms with E-state index < -0.39 is 0 Å². The summed E-state index contributed by atoms with van der Waals surface area (Å²) in [7, 11) is 5.35. The van der Waals surface area contributed by atoms with Gasteiger partial charge in [-0.3, -0.25) is 9.59 Å². The number of carbonyl (C=O) groups excluding carboxylic acids is 2. The molecule has 3 rings (SSSR count). The maximum Gasteiger partial charge on any atom is 0.251 e. The number of piperidine rings is 1. The number of rotatable bonds is 9. The van der Waals surface area contributed by atoms with E-state index in [4.69, 9.17) is 9.47 Å². The molecule has 1 aromatic carbocycles. The topological polar surface area (TPSA) is 79.9 Å². The molecule has 2 N–H and O–H groups in total. The lowest BCUT2D eigenvalue weighted by Crippen LogP contribution is -2.34. The zero-order valence-corrected chi connectivity index (χ0v) is 19.3. The maximum absolute atomic E-state index is 12.6. The van der Waals surface area contributed by atoms with Crippen molar-refractivity contribution in [3.8, 4) is 0 Å². The molecule has 1 aliphatic carbocycles. The second kappa shape index (κ2) is 11.9. The first-order chi connectivity index (χ1) is 15.5. The summed E-state index contributed by atoms with van der Waals surface area (Å²) >= 11 is 0. The average Bonchev–Trinajstić information content (AvgIpc) is 2.82. The lowest BCUT2D eigenvalue weighted by molar-refractivity contribution is -0.117. The Bertz CT molecular complexity index is 851. The van der Waals surface area contributed by atoms with Crippen molar-refractivity contribution in [2.24, 2.45) is 5.92 Å². The van der Waals surface area contributed by atoms with E-state index in [2.05, 4.69) is 22.6 Å². The van der Waals surface area contributed by atoms with Gasteiger partial charge in [-0.2, -0.15) is 0 Å². The average molecular weight is 442 g/mol. The van der Waals surface area contributed by atoms with Crippen LogP contribution >= 0.6 is 0 Å². The summed E-state index contributed by atoms with van der Waals surface area (Å²) in [6, 6.07) is 7.37. The third kappa shape index (κ3) is 6.76. The zero-order valence-electron chi connectivity index (χ0n) is 19.3. The summed E-state index contributed by atoms with van der Waals surface area (Å²) in [5.74, 6) is 0.384. The number of carbonyl (C=O) groups is 2. The summed E-state index contributed by atoms with van der Waals surface area (Å²) in [6.07, 6.45) is 8.29. The maximum atomic E-state index is 12.6. The van der Waals surface area contributed by atoms with Gasteiger partial charge in [0.25, 0.3) is 11.8 Å². The molecular formula is C25H35N3O4. The Morgan fingerprint density at radius 2 is 1.94 bits per heavy atom. The predicted molar refractivity (Wildman–Crippen MR) is 124 cm³/mol. The van der Waals surface area contributed by atoms with Crippen LogP contribution < -0.4 is 10.6 Å². The fourth-order valence-electron chi connectivity index (χ4n) is 4.31. The van der Waals surface area contributed by atoms with Crippen LogP contribution in [0, 0.1) is 5.92 Å². The van der Waals surface area contributed by atoms with E-state index in [0.29, 0.717) is 30.1 Å². The monoisotopic (exact) mass is 441 g/mol. The molecule has 7 nitrogen and oxygen atoms in total. The van der Waals surface area contributed by atoms with E-state index in [9.17, 15) is 9.59 Å². The fourth-order valence-corrected chi connectivity index (χ4v) is 4.31. The number of amides is 2. The first kappa shape index (κ1) is 24.2. The number of benzene rings is 1. The van der Waals surface area contributed by atoms with Crippen molar-refractivity contribution in [1.82, 2.24) is 15.5 Å². The minimum Gasteiger partial charge on any atom is -0.374 e. The van der Waals surface area contributed by atoms with Gasteiger partial charge in [-0.05, 0) is 62.5 Å². The number of hydrogen-bond donors (Lipinski definition) is 2. The van der Waals surface area contributed by atoms with E-state index >= 15 is 0 Å². The van der Waals surface area contributed by atoms with Gasteiger partial charge in [-0.25, -0.2) is 0 Å². The molecule has 3 atom stereocenters. The van der Waals surface area contributed by atoms with Crippen LogP contribution in [0.25, 0.3) is 0 Å². The van der Waals surface area contributed by atoms with Gasteiger partial charge < -0.3 is 25.0 Å². The van der Waals surface area contributed by atoms with E-state index in [1.165, 1.54) is 19.4 Å². The van der Waals surface area contributed by atoms with Crippen LogP contribution in [0.15, 0.2) is 48.1 Å². The van der Waals surface area contributed by atoms with Crippen molar-refractivity contribution in [3.05, 3.63) is 59.2 Å². The molecule has 0 spiro atoms. The van der Waals surface area contributed by atoms with Crippen LogP contribution in [0.4, 0.5) is 0 Å². The Labute approximate surface area is 190 Å². The van der Waals surface area contributed by atoms with E-state index in [1.54, 1.807) is 32.4 Å². The van der Waals surface area contributed by atoms with Crippen molar-refractivity contribution in [3.63, 3.8) is 0 Å². The fraction of sp³-hybridized carbons (Fsp3) is 0.520. The van der Waals surface area contributed by atoms with Gasteiger partial charge in [-0.1, -0.05) is 24.3 Å². The van der Waals surface area contributed by atoms with Crippen LogP contribution in [-0.4, -0.2) is 69.8 Å². The van der Waals surface area contributed by atoms with Gasteiger partial charge >= 0.3 is 0 Å². The minimum absolute atomic E-state index is 0.0752. The van der Waals surface area contributed by atoms with Crippen molar-refractivity contribution in [1.29, 1.82) is 0 Å². The molecule has 0 saturated carbocycles. The number of ether oxygens (including phenoxy) is 2. The lowest BCUT2D eigenvalue weighted by atomic mass is 9.95. The molecule has 2 amide bonds. The highest BCUT2D eigenvalue weighted by molar-refractivity contribution is 5.96. The normalized spacial score (nSPS) is 23.5. The smallest absolute Gasteiger partial charge is 0.251 e. The Balaban J connectivity index is 1.48. The summed E-state index contributed by atoms with van der Waals surface area (Å²) in [5, 5.41) is 5.95. The van der Waals surface area contributed by atoms with Crippen LogP contribution in [-0.2, 0) is 20.8 Å². The molecule has 1 saturated heterocycles. The van der Waals surface area contributed by atoms with Crippen LogP contribution in [0.2, 0.25) is 0 Å². The minimum atomic E-state index is -0.299. The molecule has 1 aliphatic heterocycles. The molecule has 1 fully saturated rings. The molecule has 174 valence electrons. The molecule has 0 bridgehead atoms. The number of nitrogens with zero attached hydrogens (tertiary/aromatic N) is 1. The van der Waals surface area contributed by atoms with Crippen LogP contribution in [0.3, 0.4) is 0 Å². The van der Waals surface area contributed by atoms with E-state index in [0.717, 1.165) is 18.5 Å². The summed E-state index contributed by atoms with van der Waals surface area (Å²) in [5.41, 5.74) is 2.02. The van der Waals surface area contributed by atoms with E-state index in [1.807, 2.05) is 24.3 Å². The molecule has 2 aliphatic rings. The molecule has 0 radical (unpaired) electrons. The van der Waals surface area contributed by atoms with E-state index in [-0.39, 0.29) is 24.0 Å². The Kier molecular flexibility index (Phi) is 9.02. The van der Waals surface area contributed by atoms with Crippen LogP contribution in [0.1, 0.15) is 35.2 Å². The molecular weight excluding hydrogens is 406 g/mol. The second-order valence-electron chi connectivity index (χ2n) is 8.58. The molecule has 32 heavy (non-hydrogen) atoms. The molecule has 0 aromatic heterocycles. The highest BCUT2D eigenvalue weighted by atomic mass is 16.5. The number of likely N-dealkylation sites (tertiary alicyclic amines) is 1. The molecule has 7 heteroatoms. The Hall–Kier alpha value is -2.48. The predicted octanol–water partition coefficient (Wildman–Crippen LogP) is 2.29. The molecule has 1 aromatic rings. The van der Waals surface area contributed by atoms with Gasteiger partial charge in [0, 0.05) is 45.0 Å². The standard InChI is InChI=1S/C25H35N3O4/c1-28-13-5-7-18(17-28)11-12-26-24(29)20-8-4-6-19(14-20)16-27-25(30)21-9-10-22(31-2)23(15-21)32-3/h4,6,8-10,14-15,18,22-23H,5,7,11-13,16-17H2,1-3H3,(H,26,29)(H,27,30). The third-order valence-electron chi connectivity index (χ3n) is 6.14. The number of hydrogen-bond acceptors (Lipinski definition) is 5. The summed E-state index contributed by atoms with van der Waals surface area (Å²) < 4.78 is 10.7. The highest BCUT2D eigenvalue weighted by Crippen LogP contribution is 2.18. The van der Waals surface area contributed by atoms with Crippen molar-refractivity contribution in [2.45, 2.75) is 38.0 Å². The first-order valence-corrected chi connectivity index (χ1v) is 11.3. The Morgan fingerprint density at radius 1 is 1.12 bits per heavy atom. The highest BCUT2D eigenvalue weighted by Gasteiger charge is 2.22. The van der Waals surface area contributed by atoms with Crippen molar-refractivity contribution in [2.75, 3.05) is 40.9 Å². The second-order valence-corrected chi connectivity index (χ2v) is 8.58. The largest absolute Gasteiger partial charge is 0.374 e. The van der Waals surface area contributed by atoms with Crippen molar-refractivity contribution >= 4 is 11.8 Å². The van der Waals surface area contributed by atoms with Gasteiger partial charge in [0.2, 0.25) is 0 Å². The lowest BCUT2D eigenvalue weighted by Gasteiger charge is -2.29.